The maximum Gasteiger partial charge on any atom is 0.245 e. The Labute approximate surface area is 175 Å². The summed E-state index contributed by atoms with van der Waals surface area (Å²) in [6.45, 7) is 1.99. The van der Waals surface area contributed by atoms with Crippen LogP contribution in [0.4, 0.5) is 0 Å². The van der Waals surface area contributed by atoms with Gasteiger partial charge in [0.15, 0.2) is 0 Å². The molecule has 6 nitrogen and oxygen atoms in total. The second-order valence-electron chi connectivity index (χ2n) is 7.54. The summed E-state index contributed by atoms with van der Waals surface area (Å²) in [6, 6.07) is 12.6. The van der Waals surface area contributed by atoms with Crippen molar-refractivity contribution >= 4 is 23.4 Å². The first kappa shape index (κ1) is 19.9. The Morgan fingerprint density at radius 1 is 1.21 bits per heavy atom. The van der Waals surface area contributed by atoms with E-state index in [9.17, 15) is 9.59 Å². The molecule has 0 aromatic heterocycles. The fourth-order valence-electron chi connectivity index (χ4n) is 4.25. The summed E-state index contributed by atoms with van der Waals surface area (Å²) in [4.78, 5) is 27.8. The van der Waals surface area contributed by atoms with Crippen LogP contribution in [0.5, 0.6) is 0 Å². The number of carbonyl (C=O) groups is 2. The van der Waals surface area contributed by atoms with Gasteiger partial charge in [-0.3, -0.25) is 14.9 Å². The fraction of sp³-hybridized carbons (Fsp3) is 0.364. The Hall–Kier alpha value is -2.41. The number of rotatable bonds is 5. The van der Waals surface area contributed by atoms with Crippen molar-refractivity contribution in [1.29, 1.82) is 0 Å². The van der Waals surface area contributed by atoms with Gasteiger partial charge in [-0.15, -0.1) is 0 Å². The Morgan fingerprint density at radius 2 is 2.03 bits per heavy atom. The van der Waals surface area contributed by atoms with Crippen molar-refractivity contribution in [1.82, 2.24) is 15.5 Å². The van der Waals surface area contributed by atoms with E-state index >= 15 is 0 Å². The predicted molar refractivity (Wildman–Crippen MR) is 112 cm³/mol. The molecule has 2 aromatic carbocycles. The van der Waals surface area contributed by atoms with E-state index in [1.165, 1.54) is 0 Å². The van der Waals surface area contributed by atoms with Gasteiger partial charge in [-0.05, 0) is 47.2 Å². The number of carbonyl (C=O) groups excluding carboxylic acids is 2. The molecule has 1 fully saturated rings. The number of fused-ring (bicyclic) bond motifs is 1. The third-order valence-electron chi connectivity index (χ3n) is 5.79. The molecule has 0 spiro atoms. The third kappa shape index (κ3) is 4.01. The van der Waals surface area contributed by atoms with Crippen molar-refractivity contribution in [3.63, 3.8) is 0 Å². The van der Waals surface area contributed by atoms with Gasteiger partial charge in [0.2, 0.25) is 11.8 Å². The van der Waals surface area contributed by atoms with Crippen LogP contribution >= 0.6 is 11.6 Å². The molecule has 2 aliphatic heterocycles. The molecule has 1 saturated heterocycles. The topological polar surface area (TPSA) is 87.5 Å². The molecule has 2 aliphatic rings. The van der Waals surface area contributed by atoms with Crippen LogP contribution in [0.15, 0.2) is 42.5 Å². The normalized spacial score (nSPS) is 20.6. The van der Waals surface area contributed by atoms with Gasteiger partial charge in [0, 0.05) is 31.2 Å². The highest BCUT2D eigenvalue weighted by Crippen LogP contribution is 2.29. The molecule has 2 aromatic rings. The molecule has 0 saturated carbocycles. The number of halogens is 1. The first-order valence-corrected chi connectivity index (χ1v) is 10.3. The lowest BCUT2D eigenvalue weighted by atomic mass is 10.0. The zero-order valence-corrected chi connectivity index (χ0v) is 16.9. The van der Waals surface area contributed by atoms with Gasteiger partial charge in [0.25, 0.3) is 0 Å². The van der Waals surface area contributed by atoms with Crippen molar-refractivity contribution in [3.8, 4) is 0 Å². The molecule has 0 bridgehead atoms. The van der Waals surface area contributed by atoms with Crippen LogP contribution in [-0.2, 0) is 29.2 Å². The SMILES string of the molecule is NCc1ccc(Cl)cc1CNC(=O)[C@@H]1CCCN1C(=O)[C@H]1NCc2ccccc21. The number of amides is 2. The minimum Gasteiger partial charge on any atom is -0.350 e. The van der Waals surface area contributed by atoms with E-state index < -0.39 is 6.04 Å². The van der Waals surface area contributed by atoms with Crippen molar-refractivity contribution in [2.45, 2.75) is 44.6 Å². The molecule has 4 N–H and O–H groups in total. The van der Waals surface area contributed by atoms with Gasteiger partial charge in [0.1, 0.15) is 12.1 Å². The van der Waals surface area contributed by atoms with Gasteiger partial charge in [-0.1, -0.05) is 41.9 Å². The molecule has 2 amide bonds. The number of hydrogen-bond donors (Lipinski definition) is 3. The molecule has 29 heavy (non-hydrogen) atoms. The van der Waals surface area contributed by atoms with Crippen molar-refractivity contribution < 1.29 is 9.59 Å². The Morgan fingerprint density at radius 3 is 2.86 bits per heavy atom. The molecule has 0 radical (unpaired) electrons. The first-order chi connectivity index (χ1) is 14.1. The maximum absolute atomic E-state index is 13.2. The average molecular weight is 413 g/mol. The summed E-state index contributed by atoms with van der Waals surface area (Å²) in [5.74, 6) is -0.164. The maximum atomic E-state index is 13.2. The largest absolute Gasteiger partial charge is 0.350 e. The molecule has 152 valence electrons. The number of hydrogen-bond acceptors (Lipinski definition) is 4. The molecule has 4 rings (SSSR count). The zero-order chi connectivity index (χ0) is 20.4. The number of nitrogens with two attached hydrogens (primary N) is 1. The number of likely N-dealkylation sites (tertiary alicyclic amines) is 1. The van der Waals surface area contributed by atoms with E-state index in [0.29, 0.717) is 37.6 Å². The molecular formula is C22H25ClN4O2. The number of nitrogens with one attached hydrogen (secondary N) is 2. The third-order valence-corrected chi connectivity index (χ3v) is 6.02. The van der Waals surface area contributed by atoms with E-state index in [0.717, 1.165) is 28.7 Å². The Bertz CT molecular complexity index is 933. The fourth-order valence-corrected chi connectivity index (χ4v) is 4.44. The van der Waals surface area contributed by atoms with Gasteiger partial charge >= 0.3 is 0 Å². The molecule has 7 heteroatoms. The Kier molecular flexibility index (Phi) is 5.85. The van der Waals surface area contributed by atoms with Gasteiger partial charge < -0.3 is 16.0 Å². The van der Waals surface area contributed by atoms with Crippen molar-refractivity contribution in [2.24, 2.45) is 5.73 Å². The molecular weight excluding hydrogens is 388 g/mol. The van der Waals surface area contributed by atoms with Gasteiger partial charge in [-0.2, -0.15) is 0 Å². The molecule has 0 aliphatic carbocycles. The smallest absolute Gasteiger partial charge is 0.245 e. The molecule has 2 heterocycles. The quantitative estimate of drug-likeness (QED) is 0.702. The second kappa shape index (κ2) is 8.53. The lowest BCUT2D eigenvalue weighted by Crippen LogP contribution is -2.48. The van der Waals surface area contributed by atoms with E-state index in [2.05, 4.69) is 10.6 Å². The zero-order valence-electron chi connectivity index (χ0n) is 16.2. The van der Waals surface area contributed by atoms with Crippen LogP contribution in [-0.4, -0.2) is 29.3 Å². The standard InChI is InChI=1S/C22H25ClN4O2/c23-17-8-7-14(11-24)16(10-17)13-26-21(28)19-6-3-9-27(19)22(29)20-18-5-2-1-4-15(18)12-25-20/h1-2,4-5,7-8,10,19-20,25H,3,6,9,11-13,24H2,(H,26,28)/t19-,20-/m0/s1. The summed E-state index contributed by atoms with van der Waals surface area (Å²) >= 11 is 6.08. The highest BCUT2D eigenvalue weighted by molar-refractivity contribution is 6.30. The summed E-state index contributed by atoms with van der Waals surface area (Å²) in [6.07, 6.45) is 1.49. The summed E-state index contributed by atoms with van der Waals surface area (Å²) in [7, 11) is 0. The van der Waals surface area contributed by atoms with Gasteiger partial charge in [-0.25, -0.2) is 0 Å². The van der Waals surface area contributed by atoms with Crippen LogP contribution in [0.3, 0.4) is 0 Å². The highest BCUT2D eigenvalue weighted by atomic mass is 35.5. The van der Waals surface area contributed by atoms with Crippen LogP contribution in [0.2, 0.25) is 5.02 Å². The highest BCUT2D eigenvalue weighted by Gasteiger charge is 2.39. The first-order valence-electron chi connectivity index (χ1n) is 9.95. The predicted octanol–water partition coefficient (Wildman–Crippen LogP) is 2.25. The van der Waals surface area contributed by atoms with Crippen molar-refractivity contribution in [2.75, 3.05) is 6.54 Å². The van der Waals surface area contributed by atoms with Crippen LogP contribution in [0, 0.1) is 0 Å². The van der Waals surface area contributed by atoms with Crippen LogP contribution in [0.1, 0.15) is 41.1 Å². The lowest BCUT2D eigenvalue weighted by molar-refractivity contribution is -0.140. The van der Waals surface area contributed by atoms with Gasteiger partial charge in [0.05, 0.1) is 0 Å². The van der Waals surface area contributed by atoms with Crippen LogP contribution in [0.25, 0.3) is 0 Å². The van der Waals surface area contributed by atoms with E-state index in [1.807, 2.05) is 36.4 Å². The number of benzene rings is 2. The van der Waals surface area contributed by atoms with E-state index in [1.54, 1.807) is 11.0 Å². The second-order valence-corrected chi connectivity index (χ2v) is 7.97. The monoisotopic (exact) mass is 412 g/mol. The van der Waals surface area contributed by atoms with E-state index in [-0.39, 0.29) is 17.9 Å². The van der Waals surface area contributed by atoms with Crippen molar-refractivity contribution in [3.05, 3.63) is 69.7 Å². The van der Waals surface area contributed by atoms with Crippen LogP contribution < -0.4 is 16.4 Å². The minimum absolute atomic E-state index is 0.0296. The minimum atomic E-state index is -0.447. The lowest BCUT2D eigenvalue weighted by Gasteiger charge is -2.27. The molecule has 0 unspecified atom stereocenters. The molecule has 2 atom stereocenters. The van der Waals surface area contributed by atoms with E-state index in [4.69, 9.17) is 17.3 Å². The summed E-state index contributed by atoms with van der Waals surface area (Å²) in [5, 5.41) is 6.86. The summed E-state index contributed by atoms with van der Waals surface area (Å²) in [5.41, 5.74) is 9.78. The number of nitrogens with zero attached hydrogens (tertiary/aromatic N) is 1. The Balaban J connectivity index is 1.44. The average Bonchev–Trinajstić information content (AvgIpc) is 3.39. The summed E-state index contributed by atoms with van der Waals surface area (Å²) < 4.78 is 0.